The van der Waals surface area contributed by atoms with E-state index in [-0.39, 0.29) is 30.1 Å². The van der Waals surface area contributed by atoms with Crippen LogP contribution in [-0.4, -0.2) is 53.9 Å². The van der Waals surface area contributed by atoms with Crippen molar-refractivity contribution in [3.05, 3.63) is 58.3 Å². The summed E-state index contributed by atoms with van der Waals surface area (Å²) in [7, 11) is 0. The van der Waals surface area contributed by atoms with Gasteiger partial charge in [0.1, 0.15) is 17.7 Å². The number of nitrogens with zero attached hydrogens (tertiary/aromatic N) is 3. The molecule has 0 bridgehead atoms. The van der Waals surface area contributed by atoms with Crippen molar-refractivity contribution in [3.8, 4) is 5.75 Å². The number of carbonyl (C=O) groups excluding carboxylic acids is 2. The Morgan fingerprint density at radius 2 is 2.03 bits per heavy atom. The SMILES string of the molecule is O=C1COc2ccc(N3C[C@@H](CNC[C@H]4Cc5c(F)cnc6ccc(=O)n(c56)C4)OC3=O)cc2N1. The van der Waals surface area contributed by atoms with Crippen LogP contribution in [0.25, 0.3) is 11.0 Å². The van der Waals surface area contributed by atoms with Gasteiger partial charge >= 0.3 is 6.09 Å². The van der Waals surface area contributed by atoms with Gasteiger partial charge in [0, 0.05) is 37.0 Å². The zero-order chi connectivity index (χ0) is 24.1. The minimum absolute atomic E-state index is 0.000153. The number of fused-ring (bicyclic) bond motifs is 1. The lowest BCUT2D eigenvalue weighted by Gasteiger charge is -2.27. The zero-order valence-corrected chi connectivity index (χ0v) is 18.6. The van der Waals surface area contributed by atoms with Gasteiger partial charge in [-0.1, -0.05) is 0 Å². The normalized spacial score (nSPS) is 20.9. The molecule has 1 aromatic carbocycles. The molecule has 1 saturated heterocycles. The van der Waals surface area contributed by atoms with Crippen LogP contribution in [0.15, 0.2) is 41.3 Å². The van der Waals surface area contributed by atoms with E-state index in [9.17, 15) is 18.8 Å². The second-order valence-electron chi connectivity index (χ2n) is 8.96. The average Bonchev–Trinajstić information content (AvgIpc) is 3.22. The third-order valence-electron chi connectivity index (χ3n) is 6.57. The fourth-order valence-corrected chi connectivity index (χ4v) is 4.96. The largest absolute Gasteiger partial charge is 0.482 e. The van der Waals surface area contributed by atoms with Crippen LogP contribution >= 0.6 is 0 Å². The summed E-state index contributed by atoms with van der Waals surface area (Å²) in [5.74, 6) is -0.107. The van der Waals surface area contributed by atoms with E-state index >= 15 is 0 Å². The molecule has 0 saturated carbocycles. The number of benzene rings is 1. The van der Waals surface area contributed by atoms with Gasteiger partial charge in [-0.15, -0.1) is 0 Å². The quantitative estimate of drug-likeness (QED) is 0.572. The first-order valence-corrected chi connectivity index (χ1v) is 11.4. The molecule has 180 valence electrons. The standard InChI is InChI=1S/C24H22FN5O5/c25-17-9-27-18-2-4-22(32)30-10-13(5-16(17)23(18)30)7-26-8-15-11-29(24(33)35-15)14-1-3-20-19(6-14)28-21(31)12-34-20/h1-4,6,9,13,15,26H,5,7-8,10-12H2,(H,28,31)/t13-,15-/m1/s1. The Labute approximate surface area is 198 Å². The topological polar surface area (TPSA) is 115 Å². The highest BCUT2D eigenvalue weighted by molar-refractivity contribution is 5.97. The number of hydrogen-bond donors (Lipinski definition) is 2. The molecule has 2 atom stereocenters. The molecule has 1 fully saturated rings. The predicted octanol–water partition coefficient (Wildman–Crippen LogP) is 1.65. The lowest BCUT2D eigenvalue weighted by atomic mass is 9.94. The van der Waals surface area contributed by atoms with Crippen molar-refractivity contribution in [1.82, 2.24) is 14.9 Å². The highest BCUT2D eigenvalue weighted by Crippen LogP contribution is 2.33. The van der Waals surface area contributed by atoms with E-state index in [0.717, 1.165) is 0 Å². The fraction of sp³-hybridized carbons (Fsp3) is 0.333. The van der Waals surface area contributed by atoms with Crippen molar-refractivity contribution >= 4 is 34.4 Å². The van der Waals surface area contributed by atoms with Gasteiger partial charge in [-0.3, -0.25) is 19.5 Å². The summed E-state index contributed by atoms with van der Waals surface area (Å²) in [6.45, 7) is 1.70. The first-order valence-electron chi connectivity index (χ1n) is 11.4. The van der Waals surface area contributed by atoms with E-state index in [2.05, 4.69) is 15.6 Å². The second-order valence-corrected chi connectivity index (χ2v) is 8.96. The van der Waals surface area contributed by atoms with E-state index in [1.165, 1.54) is 17.2 Å². The fourth-order valence-electron chi connectivity index (χ4n) is 4.96. The summed E-state index contributed by atoms with van der Waals surface area (Å²) in [6.07, 6.45) is 0.833. The number of pyridine rings is 2. The minimum atomic E-state index is -0.473. The van der Waals surface area contributed by atoms with E-state index in [1.54, 1.807) is 28.8 Å². The van der Waals surface area contributed by atoms with Gasteiger partial charge in [-0.25, -0.2) is 9.18 Å². The van der Waals surface area contributed by atoms with Crippen molar-refractivity contribution in [2.24, 2.45) is 5.92 Å². The Kier molecular flexibility index (Phi) is 5.14. The van der Waals surface area contributed by atoms with Crippen LogP contribution in [-0.2, 0) is 22.5 Å². The number of hydrogen-bond acceptors (Lipinski definition) is 7. The van der Waals surface area contributed by atoms with E-state index in [1.807, 2.05) is 0 Å². The monoisotopic (exact) mass is 479 g/mol. The van der Waals surface area contributed by atoms with E-state index in [4.69, 9.17) is 9.47 Å². The molecule has 2 amide bonds. The van der Waals surface area contributed by atoms with Crippen LogP contribution < -0.4 is 25.8 Å². The van der Waals surface area contributed by atoms with Crippen molar-refractivity contribution in [1.29, 1.82) is 0 Å². The molecule has 3 aromatic rings. The van der Waals surface area contributed by atoms with Gasteiger partial charge in [0.25, 0.3) is 11.5 Å². The summed E-state index contributed by atoms with van der Waals surface area (Å²) in [6, 6.07) is 8.22. The molecule has 0 spiro atoms. The maximum Gasteiger partial charge on any atom is 0.414 e. The highest BCUT2D eigenvalue weighted by atomic mass is 19.1. The minimum Gasteiger partial charge on any atom is -0.482 e. The zero-order valence-electron chi connectivity index (χ0n) is 18.6. The number of carbonyl (C=O) groups is 2. The molecule has 5 heterocycles. The predicted molar refractivity (Wildman–Crippen MR) is 124 cm³/mol. The Bertz CT molecular complexity index is 1420. The maximum atomic E-state index is 14.5. The van der Waals surface area contributed by atoms with Gasteiger partial charge in [0.05, 0.1) is 29.5 Å². The maximum absolute atomic E-state index is 14.5. The summed E-state index contributed by atoms with van der Waals surface area (Å²) < 4.78 is 26.9. The van der Waals surface area contributed by atoms with Crippen molar-refractivity contribution < 1.29 is 23.5 Å². The van der Waals surface area contributed by atoms with Crippen LogP contribution in [0.1, 0.15) is 5.56 Å². The summed E-state index contributed by atoms with van der Waals surface area (Å²) in [4.78, 5) is 42.1. The number of halogens is 1. The summed E-state index contributed by atoms with van der Waals surface area (Å²) in [5, 5.41) is 6.05. The van der Waals surface area contributed by atoms with Crippen molar-refractivity contribution in [2.75, 3.05) is 36.5 Å². The molecule has 6 rings (SSSR count). The van der Waals surface area contributed by atoms with Crippen LogP contribution in [0.4, 0.5) is 20.6 Å². The molecular formula is C24H22FN5O5. The van der Waals surface area contributed by atoms with Crippen LogP contribution in [0.2, 0.25) is 0 Å². The lowest BCUT2D eigenvalue weighted by molar-refractivity contribution is -0.118. The molecule has 11 heteroatoms. The molecule has 0 aliphatic carbocycles. The number of nitrogens with one attached hydrogen (secondary N) is 2. The first kappa shape index (κ1) is 21.5. The molecule has 2 N–H and O–H groups in total. The number of amides is 2. The van der Waals surface area contributed by atoms with Crippen molar-refractivity contribution in [2.45, 2.75) is 19.1 Å². The number of rotatable bonds is 5. The Morgan fingerprint density at radius 1 is 1.14 bits per heavy atom. The average molecular weight is 479 g/mol. The van der Waals surface area contributed by atoms with Gasteiger partial charge < -0.3 is 24.7 Å². The molecule has 35 heavy (non-hydrogen) atoms. The first-order chi connectivity index (χ1) is 17.0. The second kappa shape index (κ2) is 8.35. The molecule has 3 aliphatic rings. The van der Waals surface area contributed by atoms with Gasteiger partial charge in [0.15, 0.2) is 6.61 Å². The summed E-state index contributed by atoms with van der Waals surface area (Å²) >= 11 is 0. The van der Waals surface area contributed by atoms with Gasteiger partial charge in [-0.05, 0) is 36.6 Å². The summed E-state index contributed by atoms with van der Waals surface area (Å²) in [5.41, 5.74) is 2.62. The van der Waals surface area contributed by atoms with Crippen LogP contribution in [0.5, 0.6) is 5.75 Å². The third-order valence-corrected chi connectivity index (χ3v) is 6.57. The molecule has 0 radical (unpaired) electrons. The van der Waals surface area contributed by atoms with Crippen molar-refractivity contribution in [3.63, 3.8) is 0 Å². The molecular weight excluding hydrogens is 457 g/mol. The molecule has 2 aromatic heterocycles. The number of aromatic nitrogens is 2. The molecule has 10 nitrogen and oxygen atoms in total. The Balaban J connectivity index is 1.09. The van der Waals surface area contributed by atoms with E-state index < -0.39 is 11.9 Å². The third kappa shape index (κ3) is 3.87. The van der Waals surface area contributed by atoms with Gasteiger partial charge in [-0.2, -0.15) is 0 Å². The highest BCUT2D eigenvalue weighted by Gasteiger charge is 2.33. The lowest BCUT2D eigenvalue weighted by Crippen LogP contribution is -2.38. The Morgan fingerprint density at radius 3 is 2.91 bits per heavy atom. The van der Waals surface area contributed by atoms with E-state index in [0.29, 0.717) is 66.3 Å². The smallest absolute Gasteiger partial charge is 0.414 e. The van der Waals surface area contributed by atoms with Crippen LogP contribution in [0, 0.1) is 11.7 Å². The number of cyclic esters (lactones) is 1. The van der Waals surface area contributed by atoms with Crippen LogP contribution in [0.3, 0.4) is 0 Å². The Hall–Kier alpha value is -3.99. The van der Waals surface area contributed by atoms with Gasteiger partial charge in [0.2, 0.25) is 0 Å². The molecule has 3 aliphatic heterocycles. The molecule has 0 unspecified atom stereocenters. The number of ether oxygens (including phenoxy) is 2. The number of anilines is 2.